The molecule has 0 bridgehead atoms. The van der Waals surface area contributed by atoms with Crippen molar-refractivity contribution in [2.24, 2.45) is 0 Å². The maximum absolute atomic E-state index is 12.7. The van der Waals surface area contributed by atoms with E-state index in [9.17, 15) is 9.59 Å². The summed E-state index contributed by atoms with van der Waals surface area (Å²) in [7, 11) is 0. The summed E-state index contributed by atoms with van der Waals surface area (Å²) in [6.07, 6.45) is 7.82. The molecule has 1 heterocycles. The SMILES string of the molecule is O=C(CCCNC(=O)OCc1ccccc1)N[C@H]1c2ccccc2CC[C@@H]1n1ccnc1. The molecule has 166 valence electrons. The Morgan fingerprint density at radius 1 is 1.09 bits per heavy atom. The van der Waals surface area contributed by atoms with Gasteiger partial charge >= 0.3 is 6.09 Å². The number of carbonyl (C=O) groups is 2. The third-order valence-corrected chi connectivity index (χ3v) is 5.77. The zero-order valence-electron chi connectivity index (χ0n) is 17.9. The Bertz CT molecular complexity index is 1020. The fraction of sp³-hybridized carbons (Fsp3) is 0.320. The van der Waals surface area contributed by atoms with E-state index < -0.39 is 6.09 Å². The molecular weight excluding hydrogens is 404 g/mol. The molecule has 1 aliphatic rings. The molecule has 0 radical (unpaired) electrons. The van der Waals surface area contributed by atoms with Gasteiger partial charge in [0.1, 0.15) is 6.61 Å². The molecule has 3 aromatic rings. The zero-order valence-corrected chi connectivity index (χ0v) is 17.9. The first-order chi connectivity index (χ1) is 15.7. The number of alkyl carbamates (subject to hydrolysis) is 1. The zero-order chi connectivity index (χ0) is 22.2. The Morgan fingerprint density at radius 2 is 1.91 bits per heavy atom. The van der Waals surface area contributed by atoms with E-state index in [1.54, 1.807) is 6.20 Å². The quantitative estimate of drug-likeness (QED) is 0.528. The van der Waals surface area contributed by atoms with Gasteiger partial charge in [-0.05, 0) is 36.0 Å². The smallest absolute Gasteiger partial charge is 0.407 e. The molecule has 32 heavy (non-hydrogen) atoms. The first kappa shape index (κ1) is 21.6. The van der Waals surface area contributed by atoms with Gasteiger partial charge in [-0.1, -0.05) is 54.6 Å². The monoisotopic (exact) mass is 432 g/mol. The van der Waals surface area contributed by atoms with Crippen LogP contribution in [-0.2, 0) is 22.6 Å². The van der Waals surface area contributed by atoms with E-state index in [1.165, 1.54) is 5.56 Å². The molecule has 7 heteroatoms. The summed E-state index contributed by atoms with van der Waals surface area (Å²) in [5, 5.41) is 5.92. The van der Waals surface area contributed by atoms with Gasteiger partial charge in [0.25, 0.3) is 0 Å². The first-order valence-corrected chi connectivity index (χ1v) is 11.0. The summed E-state index contributed by atoms with van der Waals surface area (Å²) in [6, 6.07) is 17.8. The van der Waals surface area contributed by atoms with E-state index in [-0.39, 0.29) is 24.6 Å². The topological polar surface area (TPSA) is 85.3 Å². The van der Waals surface area contributed by atoms with Crippen molar-refractivity contribution in [1.29, 1.82) is 0 Å². The molecule has 2 amide bonds. The molecule has 7 nitrogen and oxygen atoms in total. The van der Waals surface area contributed by atoms with Crippen molar-refractivity contribution < 1.29 is 14.3 Å². The maximum atomic E-state index is 12.7. The van der Waals surface area contributed by atoms with Crippen LogP contribution in [0.1, 0.15) is 48.0 Å². The number of aryl methyl sites for hydroxylation is 1. The maximum Gasteiger partial charge on any atom is 0.407 e. The van der Waals surface area contributed by atoms with E-state index in [2.05, 4.69) is 32.3 Å². The summed E-state index contributed by atoms with van der Waals surface area (Å²) in [5.74, 6) is -0.0312. The molecule has 0 saturated carbocycles. The Labute approximate surface area is 187 Å². The summed E-state index contributed by atoms with van der Waals surface area (Å²) < 4.78 is 7.27. The van der Waals surface area contributed by atoms with Crippen LogP contribution >= 0.6 is 0 Å². The molecule has 0 saturated heterocycles. The molecule has 0 spiro atoms. The summed E-state index contributed by atoms with van der Waals surface area (Å²) in [4.78, 5) is 28.7. The van der Waals surface area contributed by atoms with Crippen molar-refractivity contribution in [1.82, 2.24) is 20.2 Å². The molecule has 0 fully saturated rings. The number of hydrogen-bond acceptors (Lipinski definition) is 4. The molecule has 2 N–H and O–H groups in total. The fourth-order valence-electron chi connectivity index (χ4n) is 4.16. The Kier molecular flexibility index (Phi) is 7.17. The van der Waals surface area contributed by atoms with Crippen molar-refractivity contribution in [3.8, 4) is 0 Å². The molecule has 0 unspecified atom stereocenters. The standard InChI is InChI=1S/C25H28N4O3/c30-23(11-6-14-27-25(31)32-17-19-7-2-1-3-8-19)28-24-21-10-5-4-9-20(21)12-13-22(24)29-16-15-26-18-29/h1-5,7-10,15-16,18,22,24H,6,11-14,17H2,(H,27,31)(H,28,30)/t22-,24-/m0/s1. The van der Waals surface area contributed by atoms with Gasteiger partial charge in [0.15, 0.2) is 0 Å². The minimum atomic E-state index is -0.476. The van der Waals surface area contributed by atoms with Gasteiger partial charge in [-0.25, -0.2) is 9.78 Å². The summed E-state index contributed by atoms with van der Waals surface area (Å²) in [5.41, 5.74) is 3.37. The summed E-state index contributed by atoms with van der Waals surface area (Å²) in [6.45, 7) is 0.608. The number of aromatic nitrogens is 2. The highest BCUT2D eigenvalue weighted by atomic mass is 16.5. The van der Waals surface area contributed by atoms with Gasteiger partial charge in [0, 0.05) is 25.4 Å². The van der Waals surface area contributed by atoms with Gasteiger partial charge in [0.2, 0.25) is 5.91 Å². The summed E-state index contributed by atoms with van der Waals surface area (Å²) >= 11 is 0. The van der Waals surface area contributed by atoms with Crippen LogP contribution in [0.5, 0.6) is 0 Å². The number of ether oxygens (including phenoxy) is 1. The molecular formula is C25H28N4O3. The minimum Gasteiger partial charge on any atom is -0.445 e. The minimum absolute atomic E-state index is 0.0312. The molecule has 2 aromatic carbocycles. The number of amides is 2. The Morgan fingerprint density at radius 3 is 2.72 bits per heavy atom. The van der Waals surface area contributed by atoms with Crippen LogP contribution in [0.3, 0.4) is 0 Å². The van der Waals surface area contributed by atoms with Crippen molar-refractivity contribution in [3.05, 3.63) is 90.0 Å². The van der Waals surface area contributed by atoms with Crippen LogP contribution in [-0.4, -0.2) is 28.1 Å². The van der Waals surface area contributed by atoms with Crippen LogP contribution in [0.25, 0.3) is 0 Å². The van der Waals surface area contributed by atoms with Gasteiger partial charge in [-0.2, -0.15) is 0 Å². The predicted octanol–water partition coefficient (Wildman–Crippen LogP) is 3.93. The number of rotatable bonds is 8. The van der Waals surface area contributed by atoms with E-state index in [4.69, 9.17) is 4.74 Å². The van der Waals surface area contributed by atoms with Gasteiger partial charge in [-0.15, -0.1) is 0 Å². The number of imidazole rings is 1. The largest absolute Gasteiger partial charge is 0.445 e. The lowest BCUT2D eigenvalue weighted by atomic mass is 9.83. The number of nitrogens with one attached hydrogen (secondary N) is 2. The Hall–Kier alpha value is -3.61. The van der Waals surface area contributed by atoms with Gasteiger partial charge in [-0.3, -0.25) is 4.79 Å². The molecule has 0 aliphatic heterocycles. The molecule has 4 rings (SSSR count). The highest BCUT2D eigenvalue weighted by molar-refractivity contribution is 5.76. The predicted molar refractivity (Wildman–Crippen MR) is 121 cm³/mol. The Balaban J connectivity index is 1.26. The van der Waals surface area contributed by atoms with Gasteiger partial charge in [0.05, 0.1) is 18.4 Å². The number of hydrogen-bond donors (Lipinski definition) is 2. The fourth-order valence-corrected chi connectivity index (χ4v) is 4.16. The number of nitrogens with zero attached hydrogens (tertiary/aromatic N) is 2. The average Bonchev–Trinajstić information content (AvgIpc) is 3.36. The van der Waals surface area contributed by atoms with Crippen molar-refractivity contribution >= 4 is 12.0 Å². The second-order valence-corrected chi connectivity index (χ2v) is 7.95. The lowest BCUT2D eigenvalue weighted by Gasteiger charge is -2.35. The van der Waals surface area contributed by atoms with Crippen LogP contribution in [0.15, 0.2) is 73.3 Å². The number of carbonyl (C=O) groups excluding carboxylic acids is 2. The highest BCUT2D eigenvalue weighted by Crippen LogP contribution is 2.37. The molecule has 1 aliphatic carbocycles. The number of fused-ring (bicyclic) bond motifs is 1. The second kappa shape index (κ2) is 10.6. The van der Waals surface area contributed by atoms with Crippen molar-refractivity contribution in [2.45, 2.75) is 44.4 Å². The van der Waals surface area contributed by atoms with Crippen LogP contribution in [0.4, 0.5) is 4.79 Å². The number of benzene rings is 2. The van der Waals surface area contributed by atoms with E-state index in [0.29, 0.717) is 19.4 Å². The van der Waals surface area contributed by atoms with E-state index in [1.807, 2.05) is 55.0 Å². The third-order valence-electron chi connectivity index (χ3n) is 5.77. The van der Waals surface area contributed by atoms with Crippen LogP contribution in [0.2, 0.25) is 0 Å². The second-order valence-electron chi connectivity index (χ2n) is 7.95. The highest BCUT2D eigenvalue weighted by Gasteiger charge is 2.31. The van der Waals surface area contributed by atoms with Gasteiger partial charge < -0.3 is 19.9 Å². The van der Waals surface area contributed by atoms with Crippen LogP contribution in [0, 0.1) is 0 Å². The lowest BCUT2D eigenvalue weighted by Crippen LogP contribution is -2.37. The van der Waals surface area contributed by atoms with Crippen LogP contribution < -0.4 is 10.6 Å². The lowest BCUT2D eigenvalue weighted by molar-refractivity contribution is -0.122. The normalized spacial score (nSPS) is 17.2. The molecule has 1 aromatic heterocycles. The third kappa shape index (κ3) is 5.55. The first-order valence-electron chi connectivity index (χ1n) is 11.0. The van der Waals surface area contributed by atoms with E-state index in [0.717, 1.165) is 24.0 Å². The molecule has 2 atom stereocenters. The average molecular weight is 433 g/mol. The van der Waals surface area contributed by atoms with Crippen molar-refractivity contribution in [2.75, 3.05) is 6.54 Å². The van der Waals surface area contributed by atoms with Crippen molar-refractivity contribution in [3.63, 3.8) is 0 Å². The van der Waals surface area contributed by atoms with E-state index >= 15 is 0 Å².